The molecule has 0 saturated carbocycles. The molecule has 3 aliphatic heterocycles. The summed E-state index contributed by atoms with van der Waals surface area (Å²) in [5.41, 5.74) is -5.57. The lowest BCUT2D eigenvalue weighted by Gasteiger charge is -2.36. The van der Waals surface area contributed by atoms with Crippen molar-refractivity contribution in [3.05, 3.63) is 118 Å². The molecule has 3 aromatic rings. The molecule has 392 valence electrons. The largest absolute Gasteiger partial charge is 0.442 e. The van der Waals surface area contributed by atoms with Gasteiger partial charge in [-0.2, -0.15) is 39.5 Å². The third-order valence-electron chi connectivity index (χ3n) is 10.7. The Morgan fingerprint density at radius 3 is 1.21 bits per heavy atom. The summed E-state index contributed by atoms with van der Waals surface area (Å²) >= 11 is 0. The van der Waals surface area contributed by atoms with Crippen LogP contribution in [0.25, 0.3) is 4.85 Å². The van der Waals surface area contributed by atoms with Crippen LogP contribution in [0.5, 0.6) is 0 Å². The van der Waals surface area contributed by atoms with Crippen LogP contribution in [0.1, 0.15) is 107 Å². The maximum absolute atomic E-state index is 13.1. The number of hydrogen-bond acceptors (Lipinski definition) is 12. The smallest absolute Gasteiger partial charge is 0.394 e. The molecule has 3 aromatic carbocycles. The summed E-state index contributed by atoms with van der Waals surface area (Å²) in [4.78, 5) is 3.34. The van der Waals surface area contributed by atoms with Gasteiger partial charge in [-0.05, 0) is 76.9 Å². The van der Waals surface area contributed by atoms with Crippen LogP contribution in [0.2, 0.25) is 0 Å². The highest BCUT2D eigenvalue weighted by atomic mass is 31.2. The van der Waals surface area contributed by atoms with E-state index in [1.165, 1.54) is 60.7 Å². The van der Waals surface area contributed by atoms with Crippen molar-refractivity contribution < 1.29 is 63.9 Å². The van der Waals surface area contributed by atoms with E-state index in [2.05, 4.69) is 103 Å². The predicted molar refractivity (Wildman–Crippen MR) is 253 cm³/mol. The van der Waals surface area contributed by atoms with Crippen molar-refractivity contribution in [1.29, 1.82) is 0 Å². The summed E-state index contributed by atoms with van der Waals surface area (Å²) in [6.45, 7) is 19.3. The second-order valence-electron chi connectivity index (χ2n) is 16.9. The normalized spacial score (nSPS) is 16.9. The van der Waals surface area contributed by atoms with Crippen molar-refractivity contribution in [3.8, 4) is 35.5 Å². The van der Waals surface area contributed by atoms with E-state index in [4.69, 9.17) is 25.8 Å². The van der Waals surface area contributed by atoms with Crippen molar-refractivity contribution in [2.75, 3.05) is 19.8 Å². The molecule has 0 radical (unpaired) electrons. The van der Waals surface area contributed by atoms with E-state index >= 15 is 0 Å². The maximum Gasteiger partial charge on any atom is 0.442 e. The van der Waals surface area contributed by atoms with Gasteiger partial charge in [-0.15, -0.1) is 30.7 Å². The molecular weight excluding hydrogens is 995 g/mol. The second kappa shape index (κ2) is 25.9. The SMILES string of the molecule is CC[C@@H](O)CC#Cc1ccc(C2(C(F)(F)F)N=N2)cc1.OC[C@@H](O)CC#Cc1ccc(C2(C(F)(F)F)N=N2)cc1.[C-]#[N+]CCOP(O[C@H](CC)CC#Cc1ccc(C2(C(F)(F)F)N=N2)cc1)N(C(C)C)C(C)C. The minimum Gasteiger partial charge on any atom is -0.394 e. The first-order valence-electron chi connectivity index (χ1n) is 22.8. The van der Waals surface area contributed by atoms with E-state index in [0.717, 1.165) is 6.42 Å². The fourth-order valence-corrected chi connectivity index (χ4v) is 8.15. The Morgan fingerprint density at radius 1 is 0.589 bits per heavy atom. The Morgan fingerprint density at radius 2 is 0.932 bits per heavy atom. The Hall–Kier alpha value is -5.81. The van der Waals surface area contributed by atoms with Gasteiger partial charge in [0.1, 0.15) is 6.61 Å². The van der Waals surface area contributed by atoms with Gasteiger partial charge in [-0.25, -0.2) is 11.2 Å². The van der Waals surface area contributed by atoms with Crippen molar-refractivity contribution in [2.45, 2.75) is 140 Å². The first-order valence-corrected chi connectivity index (χ1v) is 23.9. The molecule has 23 heteroatoms. The van der Waals surface area contributed by atoms with Gasteiger partial charge in [0.05, 0.1) is 24.9 Å². The van der Waals surface area contributed by atoms with Gasteiger partial charge in [-0.1, -0.05) is 85.8 Å². The van der Waals surface area contributed by atoms with Crippen molar-refractivity contribution >= 4 is 8.53 Å². The molecule has 4 atom stereocenters. The van der Waals surface area contributed by atoms with Crippen molar-refractivity contribution in [2.24, 2.45) is 30.7 Å². The number of hydrogen-bond donors (Lipinski definition) is 3. The Kier molecular flexibility index (Phi) is 21.2. The summed E-state index contributed by atoms with van der Waals surface area (Å²) in [6, 6.07) is 17.3. The van der Waals surface area contributed by atoms with Crippen LogP contribution in [0, 0.1) is 42.1 Å². The van der Waals surface area contributed by atoms with Crippen LogP contribution in [0.4, 0.5) is 39.5 Å². The van der Waals surface area contributed by atoms with Gasteiger partial charge >= 0.3 is 35.5 Å². The Balaban J connectivity index is 0.000000250. The van der Waals surface area contributed by atoms with Crippen LogP contribution in [0.15, 0.2) is 103 Å². The van der Waals surface area contributed by atoms with E-state index in [0.29, 0.717) is 42.6 Å². The lowest BCUT2D eigenvalue weighted by molar-refractivity contribution is -0.166. The first kappa shape index (κ1) is 59.8. The monoisotopic (exact) mass is 1050 g/mol. The van der Waals surface area contributed by atoms with Crippen LogP contribution < -0.4 is 0 Å². The van der Waals surface area contributed by atoms with Crippen molar-refractivity contribution in [1.82, 2.24) is 4.67 Å². The third-order valence-corrected chi connectivity index (χ3v) is 12.9. The van der Waals surface area contributed by atoms with E-state index in [1.54, 1.807) is 12.1 Å². The number of alkyl halides is 9. The highest BCUT2D eigenvalue weighted by molar-refractivity contribution is 7.44. The zero-order chi connectivity index (χ0) is 54.3. The third kappa shape index (κ3) is 16.3. The summed E-state index contributed by atoms with van der Waals surface area (Å²) in [6.07, 6.45) is -12.9. The molecule has 6 rings (SSSR count). The van der Waals surface area contributed by atoms with Gasteiger partial charge < -0.3 is 29.2 Å². The minimum atomic E-state index is -4.54. The number of aliphatic hydroxyl groups is 3. The lowest BCUT2D eigenvalue weighted by Crippen LogP contribution is -2.34. The zero-order valence-electron chi connectivity index (χ0n) is 40.6. The van der Waals surface area contributed by atoms with Gasteiger partial charge in [0.2, 0.25) is 6.54 Å². The molecule has 0 fully saturated rings. The molecule has 3 N–H and O–H groups in total. The number of aliphatic hydroxyl groups excluding tert-OH is 3. The molecule has 0 saturated heterocycles. The number of benzene rings is 3. The molecule has 0 aromatic heterocycles. The second-order valence-corrected chi connectivity index (χ2v) is 18.3. The number of rotatable bonds is 17. The molecule has 0 bridgehead atoms. The van der Waals surface area contributed by atoms with Gasteiger partial charge in [-0.3, -0.25) is 0 Å². The fraction of sp³-hybridized carbons (Fsp3) is 0.500. The summed E-state index contributed by atoms with van der Waals surface area (Å²) in [7, 11) is -1.36. The molecule has 0 aliphatic carbocycles. The van der Waals surface area contributed by atoms with Crippen LogP contribution in [-0.4, -0.2) is 88.7 Å². The topological polar surface area (TPSA) is 161 Å². The van der Waals surface area contributed by atoms with E-state index in [9.17, 15) is 44.6 Å². The zero-order valence-corrected chi connectivity index (χ0v) is 41.5. The molecule has 0 amide bonds. The van der Waals surface area contributed by atoms with E-state index < -0.39 is 56.3 Å². The average molecular weight is 1050 g/mol. The maximum atomic E-state index is 13.1. The van der Waals surface area contributed by atoms with Gasteiger partial charge in [0, 0.05) is 64.7 Å². The number of nitrogens with zero attached hydrogens (tertiary/aromatic N) is 8. The molecule has 3 heterocycles. The molecule has 0 spiro atoms. The van der Waals surface area contributed by atoms with Crippen LogP contribution in [-0.2, 0) is 26.0 Å². The molecule has 13 nitrogen and oxygen atoms in total. The van der Waals surface area contributed by atoms with Gasteiger partial charge in [0.15, 0.2) is 0 Å². The quantitative estimate of drug-likeness (QED) is 0.0401. The number of halogens is 9. The fourth-order valence-electron chi connectivity index (χ4n) is 6.38. The summed E-state index contributed by atoms with van der Waals surface area (Å²) < 4.78 is 130. The highest BCUT2D eigenvalue weighted by Gasteiger charge is 2.66. The summed E-state index contributed by atoms with van der Waals surface area (Å²) in [5.74, 6) is 17.0. The molecule has 3 aliphatic rings. The Labute approximate surface area is 419 Å². The van der Waals surface area contributed by atoms with Crippen LogP contribution in [0.3, 0.4) is 0 Å². The van der Waals surface area contributed by atoms with Gasteiger partial charge in [0.25, 0.3) is 8.53 Å². The first-order chi connectivity index (χ1) is 34.3. The summed E-state index contributed by atoms with van der Waals surface area (Å²) in [5, 5.41) is 45.9. The van der Waals surface area contributed by atoms with E-state index in [-0.39, 0.29) is 54.5 Å². The minimum absolute atomic E-state index is 0.0101. The molecular formula is C50H54F9N8O5P. The highest BCUT2D eigenvalue weighted by Crippen LogP contribution is 2.54. The van der Waals surface area contributed by atoms with Crippen LogP contribution >= 0.6 is 8.53 Å². The molecule has 1 unspecified atom stereocenters. The average Bonchev–Trinajstić information content (AvgIpc) is 4.19. The standard InChI is InChI=1S/C23H30F3N4O2P.C14H13F3N2O.C13H11F3N2O2/c1-7-21(32-33(31-16-15-27-6)30(17(2)3)18(4)5)10-8-9-19-11-13-20(14-12-19)22(28-29-22)23(24,25)26;1-2-12(20)5-3-4-10-6-8-11(9-7-10)13(18-19-13)14(15,16)17;14-13(15,16)12(17-18-12)10-6-4-9(5-7-10)2-1-3-11(20)8-19/h11-14,17-18,21H,7,10,15-16H2,1-5H3;6-9,12,20H,2,5H2,1H3;4-7,11,19-20H,3,8H2/t21-,33?;12-;11-/m110/s1. The lowest BCUT2D eigenvalue weighted by atomic mass is 10.0. The van der Waals surface area contributed by atoms with Crippen molar-refractivity contribution in [3.63, 3.8) is 0 Å². The predicted octanol–water partition coefficient (Wildman–Crippen LogP) is 12.0. The Bertz CT molecular complexity index is 2470. The van der Waals surface area contributed by atoms with E-state index in [1.807, 2.05) is 13.8 Å². The molecule has 73 heavy (non-hydrogen) atoms.